The molecule has 0 spiro atoms. The van der Waals surface area contributed by atoms with E-state index in [-0.39, 0.29) is 0 Å². The Morgan fingerprint density at radius 2 is 2.33 bits per heavy atom. The number of pyridine rings is 1. The van der Waals surface area contributed by atoms with Gasteiger partial charge in [0.25, 0.3) is 0 Å². The molecule has 1 aromatic rings. The number of thioether (sulfide) groups is 1. The lowest BCUT2D eigenvalue weighted by atomic mass is 10.2. The fourth-order valence-electron chi connectivity index (χ4n) is 1.02. The summed E-state index contributed by atoms with van der Waals surface area (Å²) < 4.78 is 0. The molecule has 0 aliphatic carbocycles. The van der Waals surface area contributed by atoms with Crippen molar-refractivity contribution in [2.45, 2.75) is 25.4 Å². The average molecular weight is 182 g/mol. The molecule has 1 heterocycles. The first-order valence-electron chi connectivity index (χ1n) is 4.06. The van der Waals surface area contributed by atoms with Gasteiger partial charge in [-0.3, -0.25) is 0 Å². The molecule has 1 aromatic heterocycles. The number of rotatable bonds is 3. The molecule has 0 fully saturated rings. The molecule has 1 rings (SSSR count). The molecule has 3 heteroatoms. The first-order chi connectivity index (χ1) is 5.77. The molecule has 0 saturated heterocycles. The lowest BCUT2D eigenvalue weighted by Crippen LogP contribution is -1.98. The largest absolute Gasteiger partial charge is 0.326 e. The number of aryl methyl sites for hydroxylation is 1. The van der Waals surface area contributed by atoms with E-state index < -0.39 is 0 Å². The molecule has 0 amide bonds. The highest BCUT2D eigenvalue weighted by molar-refractivity contribution is 7.99. The average Bonchev–Trinajstić information content (AvgIpc) is 2.09. The highest BCUT2D eigenvalue weighted by Gasteiger charge is 1.99. The monoisotopic (exact) mass is 182 g/mol. The Balaban J connectivity index is 2.87. The highest BCUT2D eigenvalue weighted by atomic mass is 32.2. The summed E-state index contributed by atoms with van der Waals surface area (Å²) in [4.78, 5) is 4.32. The molecule has 2 N–H and O–H groups in total. The van der Waals surface area contributed by atoms with Gasteiger partial charge in [-0.05, 0) is 23.8 Å². The van der Waals surface area contributed by atoms with Crippen LogP contribution in [0.15, 0.2) is 17.3 Å². The second-order valence-electron chi connectivity index (χ2n) is 2.60. The van der Waals surface area contributed by atoms with Crippen molar-refractivity contribution in [2.75, 3.05) is 5.75 Å². The lowest BCUT2D eigenvalue weighted by molar-refractivity contribution is 0.989. The van der Waals surface area contributed by atoms with Crippen LogP contribution in [0.4, 0.5) is 0 Å². The molecule has 66 valence electrons. The fraction of sp³-hybridized carbons (Fsp3) is 0.444. The summed E-state index contributed by atoms with van der Waals surface area (Å²) in [7, 11) is 0. The molecule has 0 radical (unpaired) electrons. The third-order valence-corrected chi connectivity index (χ3v) is 2.59. The zero-order valence-corrected chi connectivity index (χ0v) is 8.32. The summed E-state index contributed by atoms with van der Waals surface area (Å²) in [6.07, 6.45) is 1.85. The van der Waals surface area contributed by atoms with Crippen molar-refractivity contribution < 1.29 is 0 Å². The molecule has 12 heavy (non-hydrogen) atoms. The van der Waals surface area contributed by atoms with E-state index in [1.165, 1.54) is 5.56 Å². The topological polar surface area (TPSA) is 38.9 Å². The van der Waals surface area contributed by atoms with Gasteiger partial charge in [0.05, 0.1) is 5.03 Å². The van der Waals surface area contributed by atoms with E-state index in [1.807, 2.05) is 6.20 Å². The maximum absolute atomic E-state index is 5.50. The molecule has 0 aromatic carbocycles. The van der Waals surface area contributed by atoms with Crippen LogP contribution in [0.3, 0.4) is 0 Å². The van der Waals surface area contributed by atoms with Gasteiger partial charge >= 0.3 is 0 Å². The first kappa shape index (κ1) is 9.55. The maximum atomic E-state index is 5.50. The fourth-order valence-corrected chi connectivity index (χ4v) is 1.71. The van der Waals surface area contributed by atoms with Crippen LogP contribution in [0, 0.1) is 6.92 Å². The van der Waals surface area contributed by atoms with E-state index in [4.69, 9.17) is 5.73 Å². The van der Waals surface area contributed by atoms with Crippen molar-refractivity contribution in [1.82, 2.24) is 4.98 Å². The van der Waals surface area contributed by atoms with Crippen molar-refractivity contribution in [3.8, 4) is 0 Å². The smallest absolute Gasteiger partial charge is 0.0989 e. The van der Waals surface area contributed by atoms with Crippen molar-refractivity contribution in [3.05, 3.63) is 23.4 Å². The van der Waals surface area contributed by atoms with Crippen LogP contribution < -0.4 is 5.73 Å². The standard InChI is InChI=1S/C9H14N2S/c1-3-12-9-7(2)4-8(5-10)6-11-9/h4,6H,3,5,10H2,1-2H3. The van der Waals surface area contributed by atoms with Crippen molar-refractivity contribution in [3.63, 3.8) is 0 Å². The Morgan fingerprint density at radius 3 is 2.83 bits per heavy atom. The van der Waals surface area contributed by atoms with Crippen LogP contribution in [-0.2, 0) is 6.54 Å². The lowest BCUT2D eigenvalue weighted by Gasteiger charge is -2.03. The summed E-state index contributed by atoms with van der Waals surface area (Å²) in [5, 5.41) is 1.12. The van der Waals surface area contributed by atoms with Gasteiger partial charge in [-0.15, -0.1) is 11.8 Å². The van der Waals surface area contributed by atoms with Crippen LogP contribution in [0.5, 0.6) is 0 Å². The third kappa shape index (κ3) is 2.22. The number of aromatic nitrogens is 1. The minimum absolute atomic E-state index is 0.574. The van der Waals surface area contributed by atoms with Gasteiger partial charge in [-0.1, -0.05) is 13.0 Å². The van der Waals surface area contributed by atoms with Crippen molar-refractivity contribution in [2.24, 2.45) is 5.73 Å². The number of hydrogen-bond donors (Lipinski definition) is 1. The number of hydrogen-bond acceptors (Lipinski definition) is 3. The molecule has 0 saturated carbocycles. The normalized spacial score (nSPS) is 10.2. The highest BCUT2D eigenvalue weighted by Crippen LogP contribution is 2.19. The first-order valence-corrected chi connectivity index (χ1v) is 5.05. The zero-order valence-electron chi connectivity index (χ0n) is 7.50. The Hall–Kier alpha value is -0.540. The van der Waals surface area contributed by atoms with Gasteiger partial charge in [-0.2, -0.15) is 0 Å². The summed E-state index contributed by atoms with van der Waals surface area (Å²) in [6, 6.07) is 2.10. The number of nitrogens with two attached hydrogens (primary N) is 1. The van der Waals surface area contributed by atoms with Gasteiger partial charge < -0.3 is 5.73 Å². The summed E-state index contributed by atoms with van der Waals surface area (Å²) in [5.74, 6) is 1.07. The minimum Gasteiger partial charge on any atom is -0.326 e. The van der Waals surface area contributed by atoms with E-state index >= 15 is 0 Å². The van der Waals surface area contributed by atoms with Gasteiger partial charge in [-0.25, -0.2) is 4.98 Å². The molecule has 0 atom stereocenters. The third-order valence-electron chi connectivity index (χ3n) is 1.60. The zero-order chi connectivity index (χ0) is 8.97. The van der Waals surface area contributed by atoms with Gasteiger partial charge in [0.1, 0.15) is 0 Å². The Labute approximate surface area is 77.6 Å². The predicted molar refractivity (Wildman–Crippen MR) is 53.3 cm³/mol. The van der Waals surface area contributed by atoms with E-state index in [1.54, 1.807) is 11.8 Å². The van der Waals surface area contributed by atoms with Crippen molar-refractivity contribution >= 4 is 11.8 Å². The second-order valence-corrected chi connectivity index (χ2v) is 3.86. The molecular weight excluding hydrogens is 168 g/mol. The number of nitrogens with zero attached hydrogens (tertiary/aromatic N) is 1. The van der Waals surface area contributed by atoms with Gasteiger partial charge in [0.15, 0.2) is 0 Å². The molecule has 0 bridgehead atoms. The second kappa shape index (κ2) is 4.48. The maximum Gasteiger partial charge on any atom is 0.0989 e. The SMILES string of the molecule is CCSc1ncc(CN)cc1C. The Bertz CT molecular complexity index is 261. The van der Waals surface area contributed by atoms with Gasteiger partial charge in [0, 0.05) is 12.7 Å². The van der Waals surface area contributed by atoms with Crippen LogP contribution >= 0.6 is 11.8 Å². The predicted octanol–water partition coefficient (Wildman–Crippen LogP) is 1.96. The Kier molecular flexibility index (Phi) is 3.56. The summed E-state index contributed by atoms with van der Waals surface area (Å²) in [5.41, 5.74) is 7.83. The summed E-state index contributed by atoms with van der Waals surface area (Å²) in [6.45, 7) is 4.78. The van der Waals surface area contributed by atoms with E-state index in [2.05, 4.69) is 24.9 Å². The minimum atomic E-state index is 0.574. The van der Waals surface area contributed by atoms with Crippen LogP contribution in [0.1, 0.15) is 18.1 Å². The van der Waals surface area contributed by atoms with Gasteiger partial charge in [0.2, 0.25) is 0 Å². The quantitative estimate of drug-likeness (QED) is 0.726. The Morgan fingerprint density at radius 1 is 1.58 bits per heavy atom. The van der Waals surface area contributed by atoms with Crippen LogP contribution in [0.25, 0.3) is 0 Å². The molecule has 0 aliphatic heterocycles. The van der Waals surface area contributed by atoms with E-state index in [0.717, 1.165) is 16.3 Å². The van der Waals surface area contributed by atoms with E-state index in [9.17, 15) is 0 Å². The molecule has 0 unspecified atom stereocenters. The summed E-state index contributed by atoms with van der Waals surface area (Å²) >= 11 is 1.77. The van der Waals surface area contributed by atoms with Crippen LogP contribution in [-0.4, -0.2) is 10.7 Å². The van der Waals surface area contributed by atoms with Crippen LogP contribution in [0.2, 0.25) is 0 Å². The van der Waals surface area contributed by atoms with Crippen molar-refractivity contribution in [1.29, 1.82) is 0 Å². The molecular formula is C9H14N2S. The molecule has 0 aliphatic rings. The van der Waals surface area contributed by atoms with E-state index in [0.29, 0.717) is 6.54 Å². The molecule has 2 nitrogen and oxygen atoms in total.